The van der Waals surface area contributed by atoms with E-state index in [9.17, 15) is 9.59 Å². The standard InChI is InChI=1S/C12H14N6O2/c19-11(14-8-10-15-17-18-16-10)6-7-13-12(20)9-4-2-1-3-5-9/h1-5H,6-8H2,(H,13,20)(H,14,19)(H,15,16,17,18). The summed E-state index contributed by atoms with van der Waals surface area (Å²) >= 11 is 0. The molecule has 2 aromatic rings. The molecule has 0 saturated carbocycles. The minimum Gasteiger partial charge on any atom is -0.352 e. The number of carbonyl (C=O) groups is 2. The molecule has 0 radical (unpaired) electrons. The zero-order valence-corrected chi connectivity index (χ0v) is 10.7. The van der Waals surface area contributed by atoms with Gasteiger partial charge in [-0.2, -0.15) is 5.21 Å². The molecule has 0 bridgehead atoms. The Labute approximate surface area is 115 Å². The zero-order valence-electron chi connectivity index (χ0n) is 10.7. The maximum atomic E-state index is 11.7. The second-order valence-corrected chi connectivity index (χ2v) is 3.98. The van der Waals surface area contributed by atoms with Crippen LogP contribution in [0.4, 0.5) is 0 Å². The van der Waals surface area contributed by atoms with Crippen molar-refractivity contribution in [3.05, 3.63) is 41.7 Å². The van der Waals surface area contributed by atoms with E-state index in [1.54, 1.807) is 24.3 Å². The van der Waals surface area contributed by atoms with Gasteiger partial charge in [-0.15, -0.1) is 10.2 Å². The number of tetrazole rings is 1. The Morgan fingerprint density at radius 3 is 2.65 bits per heavy atom. The van der Waals surface area contributed by atoms with Crippen molar-refractivity contribution >= 4 is 11.8 Å². The van der Waals surface area contributed by atoms with Crippen molar-refractivity contribution in [2.24, 2.45) is 0 Å². The van der Waals surface area contributed by atoms with Gasteiger partial charge < -0.3 is 10.6 Å². The van der Waals surface area contributed by atoms with Crippen LogP contribution in [-0.4, -0.2) is 39.0 Å². The summed E-state index contributed by atoms with van der Waals surface area (Å²) in [5.41, 5.74) is 0.569. The molecule has 0 saturated heterocycles. The Hall–Kier alpha value is -2.77. The monoisotopic (exact) mass is 274 g/mol. The number of nitrogens with one attached hydrogen (secondary N) is 3. The number of hydrogen-bond donors (Lipinski definition) is 3. The highest BCUT2D eigenvalue weighted by atomic mass is 16.2. The first-order chi connectivity index (χ1) is 9.75. The molecule has 0 aliphatic rings. The summed E-state index contributed by atoms with van der Waals surface area (Å²) in [7, 11) is 0. The van der Waals surface area contributed by atoms with E-state index in [1.165, 1.54) is 0 Å². The molecule has 1 aromatic carbocycles. The molecule has 3 N–H and O–H groups in total. The molecular formula is C12H14N6O2. The third kappa shape index (κ3) is 4.16. The van der Waals surface area contributed by atoms with Crippen molar-refractivity contribution in [2.45, 2.75) is 13.0 Å². The average Bonchev–Trinajstić information content (AvgIpc) is 2.99. The van der Waals surface area contributed by atoms with Gasteiger partial charge in [0.25, 0.3) is 5.91 Å². The number of rotatable bonds is 6. The molecule has 1 heterocycles. The number of hydrogen-bond acceptors (Lipinski definition) is 5. The molecule has 20 heavy (non-hydrogen) atoms. The predicted molar refractivity (Wildman–Crippen MR) is 69.4 cm³/mol. The average molecular weight is 274 g/mol. The van der Waals surface area contributed by atoms with E-state index in [4.69, 9.17) is 0 Å². The number of aromatic nitrogens is 4. The SMILES string of the molecule is O=C(CCNC(=O)c1ccccc1)NCc1nn[nH]n1. The summed E-state index contributed by atoms with van der Waals surface area (Å²) < 4.78 is 0. The largest absolute Gasteiger partial charge is 0.352 e. The van der Waals surface area contributed by atoms with Crippen LogP contribution in [0.2, 0.25) is 0 Å². The predicted octanol–water partition coefficient (Wildman–Crippen LogP) is -0.364. The van der Waals surface area contributed by atoms with Crippen LogP contribution in [0.15, 0.2) is 30.3 Å². The highest BCUT2D eigenvalue weighted by Crippen LogP contribution is 1.97. The summed E-state index contributed by atoms with van der Waals surface area (Å²) in [6.07, 6.45) is 0.191. The first kappa shape index (κ1) is 13.7. The van der Waals surface area contributed by atoms with E-state index in [0.29, 0.717) is 11.4 Å². The molecule has 8 heteroatoms. The molecule has 0 aliphatic heterocycles. The number of benzene rings is 1. The molecule has 1 aromatic heterocycles. The van der Waals surface area contributed by atoms with Gasteiger partial charge in [0.15, 0.2) is 5.82 Å². The molecule has 0 atom stereocenters. The van der Waals surface area contributed by atoms with Crippen LogP contribution in [0, 0.1) is 0 Å². The van der Waals surface area contributed by atoms with Gasteiger partial charge in [-0.3, -0.25) is 9.59 Å². The topological polar surface area (TPSA) is 113 Å². The molecule has 0 aliphatic carbocycles. The first-order valence-corrected chi connectivity index (χ1v) is 6.08. The summed E-state index contributed by atoms with van der Waals surface area (Å²) in [5, 5.41) is 18.4. The van der Waals surface area contributed by atoms with E-state index in [2.05, 4.69) is 31.3 Å². The fourth-order valence-electron chi connectivity index (χ4n) is 1.50. The van der Waals surface area contributed by atoms with E-state index in [0.717, 1.165) is 0 Å². The van der Waals surface area contributed by atoms with Gasteiger partial charge in [-0.1, -0.05) is 23.4 Å². The fourth-order valence-corrected chi connectivity index (χ4v) is 1.50. The van der Waals surface area contributed by atoms with E-state index in [1.807, 2.05) is 6.07 Å². The molecule has 2 rings (SSSR count). The van der Waals surface area contributed by atoms with Crippen LogP contribution in [-0.2, 0) is 11.3 Å². The van der Waals surface area contributed by atoms with Crippen molar-refractivity contribution in [2.75, 3.05) is 6.54 Å². The zero-order chi connectivity index (χ0) is 14.2. The van der Waals surface area contributed by atoms with Crippen molar-refractivity contribution in [1.29, 1.82) is 0 Å². The molecular weight excluding hydrogens is 260 g/mol. The molecule has 0 fully saturated rings. The number of carbonyl (C=O) groups excluding carboxylic acids is 2. The Kier molecular flexibility index (Phi) is 4.76. The van der Waals surface area contributed by atoms with Crippen molar-refractivity contribution in [3.8, 4) is 0 Å². The second-order valence-electron chi connectivity index (χ2n) is 3.98. The van der Waals surface area contributed by atoms with Gasteiger partial charge in [0, 0.05) is 18.5 Å². The van der Waals surface area contributed by atoms with Crippen LogP contribution in [0.5, 0.6) is 0 Å². The maximum absolute atomic E-state index is 11.7. The third-order valence-corrected chi connectivity index (χ3v) is 2.51. The van der Waals surface area contributed by atoms with Crippen molar-refractivity contribution in [1.82, 2.24) is 31.3 Å². The lowest BCUT2D eigenvalue weighted by atomic mass is 10.2. The Morgan fingerprint density at radius 2 is 1.95 bits per heavy atom. The third-order valence-electron chi connectivity index (χ3n) is 2.51. The van der Waals surface area contributed by atoms with Crippen LogP contribution in [0.3, 0.4) is 0 Å². The minimum atomic E-state index is -0.198. The number of amides is 2. The lowest BCUT2D eigenvalue weighted by molar-refractivity contribution is -0.121. The van der Waals surface area contributed by atoms with Crippen molar-refractivity contribution < 1.29 is 9.59 Å². The molecule has 0 unspecified atom stereocenters. The molecule has 8 nitrogen and oxygen atoms in total. The Bertz CT molecular complexity index is 555. The van der Waals surface area contributed by atoms with Gasteiger partial charge >= 0.3 is 0 Å². The highest BCUT2D eigenvalue weighted by Gasteiger charge is 2.06. The van der Waals surface area contributed by atoms with Crippen LogP contribution >= 0.6 is 0 Å². The minimum absolute atomic E-state index is 0.191. The summed E-state index contributed by atoms with van der Waals surface area (Å²) in [6.45, 7) is 0.480. The molecule has 0 spiro atoms. The van der Waals surface area contributed by atoms with Gasteiger partial charge in [0.1, 0.15) is 0 Å². The highest BCUT2D eigenvalue weighted by molar-refractivity contribution is 5.94. The lowest BCUT2D eigenvalue weighted by Crippen LogP contribution is -2.30. The number of aromatic amines is 1. The normalized spacial score (nSPS) is 10.0. The Morgan fingerprint density at radius 1 is 1.15 bits per heavy atom. The Balaban J connectivity index is 1.65. The van der Waals surface area contributed by atoms with E-state index in [-0.39, 0.29) is 31.3 Å². The number of nitrogens with zero attached hydrogens (tertiary/aromatic N) is 3. The molecule has 2 amide bonds. The quantitative estimate of drug-likeness (QED) is 0.665. The van der Waals surface area contributed by atoms with E-state index < -0.39 is 0 Å². The first-order valence-electron chi connectivity index (χ1n) is 6.08. The van der Waals surface area contributed by atoms with Gasteiger partial charge in [-0.05, 0) is 12.1 Å². The van der Waals surface area contributed by atoms with Crippen molar-refractivity contribution in [3.63, 3.8) is 0 Å². The fraction of sp³-hybridized carbons (Fsp3) is 0.250. The maximum Gasteiger partial charge on any atom is 0.251 e. The van der Waals surface area contributed by atoms with Crippen LogP contribution in [0.1, 0.15) is 22.6 Å². The van der Waals surface area contributed by atoms with Crippen LogP contribution in [0.25, 0.3) is 0 Å². The number of H-pyrrole nitrogens is 1. The smallest absolute Gasteiger partial charge is 0.251 e. The van der Waals surface area contributed by atoms with Gasteiger partial charge in [-0.25, -0.2) is 0 Å². The molecule has 104 valence electrons. The summed E-state index contributed by atoms with van der Waals surface area (Å²) in [6, 6.07) is 8.83. The second kappa shape index (κ2) is 6.98. The van der Waals surface area contributed by atoms with Gasteiger partial charge in [0.2, 0.25) is 5.91 Å². The van der Waals surface area contributed by atoms with Gasteiger partial charge in [0.05, 0.1) is 6.54 Å². The lowest BCUT2D eigenvalue weighted by Gasteiger charge is -2.05. The summed E-state index contributed by atoms with van der Waals surface area (Å²) in [4.78, 5) is 23.2. The van der Waals surface area contributed by atoms with Crippen LogP contribution < -0.4 is 10.6 Å². The van der Waals surface area contributed by atoms with E-state index >= 15 is 0 Å². The summed E-state index contributed by atoms with van der Waals surface area (Å²) in [5.74, 6) is 0.0198.